The summed E-state index contributed by atoms with van der Waals surface area (Å²) in [6.45, 7) is 5.97. The number of carbonyl (C=O) groups excluding carboxylic acids is 1. The number of carbonyl (C=O) groups is 1. The SMILES string of the molecule is C/C=C(/C)C(=O)OC/C=C/CC. The Labute approximate surface area is 73.9 Å². The van der Waals surface area contributed by atoms with Gasteiger partial charge in [0, 0.05) is 5.57 Å². The summed E-state index contributed by atoms with van der Waals surface area (Å²) in [5.74, 6) is -0.238. The van der Waals surface area contributed by atoms with Crippen molar-refractivity contribution in [2.24, 2.45) is 0 Å². The molecule has 0 radical (unpaired) electrons. The van der Waals surface area contributed by atoms with E-state index < -0.39 is 0 Å². The summed E-state index contributed by atoms with van der Waals surface area (Å²) < 4.78 is 4.90. The van der Waals surface area contributed by atoms with Crippen molar-refractivity contribution in [1.82, 2.24) is 0 Å². The number of rotatable bonds is 4. The van der Waals surface area contributed by atoms with Crippen molar-refractivity contribution in [3.63, 3.8) is 0 Å². The smallest absolute Gasteiger partial charge is 0.333 e. The third-order valence-electron chi connectivity index (χ3n) is 1.47. The van der Waals surface area contributed by atoms with Gasteiger partial charge in [0.05, 0.1) is 0 Å². The minimum Gasteiger partial charge on any atom is -0.458 e. The Morgan fingerprint density at radius 3 is 2.58 bits per heavy atom. The molecule has 0 atom stereocenters. The minimum absolute atomic E-state index is 0.238. The fourth-order valence-corrected chi connectivity index (χ4v) is 0.590. The average Bonchev–Trinajstić information content (AvgIpc) is 2.10. The molecular formula is C10H16O2. The molecule has 0 aromatic rings. The third kappa shape index (κ3) is 4.72. The number of hydrogen-bond acceptors (Lipinski definition) is 2. The predicted octanol–water partition coefficient (Wildman–Crippen LogP) is 2.46. The first-order valence-corrected chi connectivity index (χ1v) is 4.17. The van der Waals surface area contributed by atoms with Crippen molar-refractivity contribution in [3.8, 4) is 0 Å². The largest absolute Gasteiger partial charge is 0.458 e. The maximum absolute atomic E-state index is 11.0. The lowest BCUT2D eigenvalue weighted by molar-refractivity contribution is -0.137. The monoisotopic (exact) mass is 168 g/mol. The average molecular weight is 168 g/mol. The highest BCUT2D eigenvalue weighted by molar-refractivity contribution is 5.87. The molecule has 0 N–H and O–H groups in total. The Kier molecular flexibility index (Phi) is 6.07. The molecule has 0 unspecified atom stereocenters. The topological polar surface area (TPSA) is 26.3 Å². The zero-order valence-corrected chi connectivity index (χ0v) is 7.96. The van der Waals surface area contributed by atoms with Gasteiger partial charge in [-0.25, -0.2) is 4.79 Å². The fourth-order valence-electron chi connectivity index (χ4n) is 0.590. The molecule has 0 heterocycles. The van der Waals surface area contributed by atoms with Crippen molar-refractivity contribution in [2.45, 2.75) is 27.2 Å². The van der Waals surface area contributed by atoms with E-state index in [9.17, 15) is 4.79 Å². The van der Waals surface area contributed by atoms with Gasteiger partial charge < -0.3 is 4.74 Å². The second-order valence-electron chi connectivity index (χ2n) is 2.45. The van der Waals surface area contributed by atoms with Crippen LogP contribution in [0, 0.1) is 0 Å². The second kappa shape index (κ2) is 6.65. The molecule has 0 aromatic carbocycles. The zero-order chi connectivity index (χ0) is 9.40. The molecule has 0 fully saturated rings. The molecule has 0 spiro atoms. The minimum atomic E-state index is -0.238. The van der Waals surface area contributed by atoms with E-state index in [1.165, 1.54) is 0 Å². The Hall–Kier alpha value is -1.05. The number of allylic oxidation sites excluding steroid dienone is 2. The van der Waals surface area contributed by atoms with Crippen LogP contribution in [0.2, 0.25) is 0 Å². The van der Waals surface area contributed by atoms with Gasteiger partial charge in [0.15, 0.2) is 0 Å². The molecule has 2 heteroatoms. The van der Waals surface area contributed by atoms with Gasteiger partial charge in [-0.05, 0) is 20.3 Å². The highest BCUT2D eigenvalue weighted by Gasteiger charge is 2.01. The molecule has 0 aliphatic rings. The summed E-state index contributed by atoms with van der Waals surface area (Å²) in [6.07, 6.45) is 6.53. The maximum Gasteiger partial charge on any atom is 0.333 e. The summed E-state index contributed by atoms with van der Waals surface area (Å²) in [5.41, 5.74) is 0.653. The molecule has 2 nitrogen and oxygen atoms in total. The second-order valence-corrected chi connectivity index (χ2v) is 2.45. The molecule has 0 saturated carbocycles. The lowest BCUT2D eigenvalue weighted by atomic mass is 10.3. The third-order valence-corrected chi connectivity index (χ3v) is 1.47. The van der Waals surface area contributed by atoms with Crippen LogP contribution in [0.25, 0.3) is 0 Å². The van der Waals surface area contributed by atoms with Crippen molar-refractivity contribution in [1.29, 1.82) is 0 Å². The van der Waals surface area contributed by atoms with Gasteiger partial charge in [0.1, 0.15) is 6.61 Å². The first-order valence-electron chi connectivity index (χ1n) is 4.17. The Bertz CT molecular complexity index is 190. The van der Waals surface area contributed by atoms with Crippen LogP contribution in [-0.4, -0.2) is 12.6 Å². The molecule has 12 heavy (non-hydrogen) atoms. The van der Waals surface area contributed by atoms with E-state index in [1.807, 2.05) is 26.0 Å². The van der Waals surface area contributed by atoms with E-state index in [-0.39, 0.29) is 5.97 Å². The van der Waals surface area contributed by atoms with Crippen LogP contribution < -0.4 is 0 Å². The van der Waals surface area contributed by atoms with Gasteiger partial charge in [-0.3, -0.25) is 0 Å². The summed E-state index contributed by atoms with van der Waals surface area (Å²) in [5, 5.41) is 0. The molecule has 0 rings (SSSR count). The number of esters is 1. The van der Waals surface area contributed by atoms with Crippen LogP contribution >= 0.6 is 0 Å². The van der Waals surface area contributed by atoms with Gasteiger partial charge in [-0.2, -0.15) is 0 Å². The van der Waals surface area contributed by atoms with Crippen molar-refractivity contribution in [3.05, 3.63) is 23.8 Å². The van der Waals surface area contributed by atoms with E-state index >= 15 is 0 Å². The van der Waals surface area contributed by atoms with Crippen LogP contribution in [0.15, 0.2) is 23.8 Å². The summed E-state index contributed by atoms with van der Waals surface area (Å²) in [7, 11) is 0. The van der Waals surface area contributed by atoms with Crippen LogP contribution in [0.3, 0.4) is 0 Å². The molecule has 0 aliphatic carbocycles. The molecule has 0 bridgehead atoms. The highest BCUT2D eigenvalue weighted by atomic mass is 16.5. The van der Waals surface area contributed by atoms with Gasteiger partial charge in [-0.15, -0.1) is 0 Å². The molecule has 0 aromatic heterocycles. The normalized spacial score (nSPS) is 12.1. The van der Waals surface area contributed by atoms with Gasteiger partial charge in [0.25, 0.3) is 0 Å². The molecular weight excluding hydrogens is 152 g/mol. The van der Waals surface area contributed by atoms with Crippen LogP contribution in [0.1, 0.15) is 27.2 Å². The standard InChI is InChI=1S/C10H16O2/c1-4-6-7-8-12-10(11)9(3)5-2/h5-7H,4,8H2,1-3H3/b7-6+,9-5-. The van der Waals surface area contributed by atoms with Crippen LogP contribution in [-0.2, 0) is 9.53 Å². The quantitative estimate of drug-likeness (QED) is 0.366. The summed E-state index contributed by atoms with van der Waals surface area (Å²) in [6, 6.07) is 0. The van der Waals surface area contributed by atoms with Gasteiger partial charge >= 0.3 is 5.97 Å². The van der Waals surface area contributed by atoms with E-state index in [0.717, 1.165) is 6.42 Å². The first kappa shape index (κ1) is 11.0. The van der Waals surface area contributed by atoms with Gasteiger partial charge in [-0.1, -0.05) is 25.2 Å². The first-order chi connectivity index (χ1) is 5.72. The number of hydrogen-bond donors (Lipinski definition) is 0. The maximum atomic E-state index is 11.0. The summed E-state index contributed by atoms with van der Waals surface area (Å²) >= 11 is 0. The van der Waals surface area contributed by atoms with Crippen molar-refractivity contribution >= 4 is 5.97 Å². The van der Waals surface area contributed by atoms with Crippen molar-refractivity contribution < 1.29 is 9.53 Å². The van der Waals surface area contributed by atoms with Crippen molar-refractivity contribution in [2.75, 3.05) is 6.61 Å². The molecule has 0 saturated heterocycles. The van der Waals surface area contributed by atoms with Crippen LogP contribution in [0.4, 0.5) is 0 Å². The number of ether oxygens (including phenoxy) is 1. The zero-order valence-electron chi connectivity index (χ0n) is 7.96. The lowest BCUT2D eigenvalue weighted by Gasteiger charge is -1.99. The van der Waals surface area contributed by atoms with E-state index in [4.69, 9.17) is 4.74 Å². The predicted molar refractivity (Wildman–Crippen MR) is 49.8 cm³/mol. The fraction of sp³-hybridized carbons (Fsp3) is 0.500. The van der Waals surface area contributed by atoms with E-state index in [1.54, 1.807) is 13.0 Å². The Balaban J connectivity index is 3.65. The van der Waals surface area contributed by atoms with E-state index in [0.29, 0.717) is 12.2 Å². The van der Waals surface area contributed by atoms with E-state index in [2.05, 4.69) is 0 Å². The Morgan fingerprint density at radius 2 is 2.08 bits per heavy atom. The van der Waals surface area contributed by atoms with Gasteiger partial charge in [0.2, 0.25) is 0 Å². The Morgan fingerprint density at radius 1 is 1.42 bits per heavy atom. The molecule has 0 amide bonds. The summed E-state index contributed by atoms with van der Waals surface area (Å²) in [4.78, 5) is 11.0. The van der Waals surface area contributed by atoms with Crippen LogP contribution in [0.5, 0.6) is 0 Å². The molecule has 0 aliphatic heterocycles. The lowest BCUT2D eigenvalue weighted by Crippen LogP contribution is -2.05. The highest BCUT2D eigenvalue weighted by Crippen LogP contribution is 1.95. The molecule has 68 valence electrons.